The third kappa shape index (κ3) is 8.82. The second-order valence-electron chi connectivity index (χ2n) is 21.5. The fourth-order valence-electron chi connectivity index (χ4n) is 9.29. The van der Waals surface area contributed by atoms with Crippen molar-refractivity contribution in [1.82, 2.24) is 9.97 Å². The molecule has 0 spiro atoms. The second-order valence-corrected chi connectivity index (χ2v) is 21.5. The Balaban J connectivity index is 1.17. The van der Waals surface area contributed by atoms with Crippen LogP contribution in [-0.4, -0.2) is 20.2 Å². The third-order valence-electron chi connectivity index (χ3n) is 13.3. The van der Waals surface area contributed by atoms with E-state index in [1.165, 1.54) is 16.7 Å². The van der Waals surface area contributed by atoms with Crippen LogP contribution < -0.4 is 0 Å². The third-order valence-corrected chi connectivity index (χ3v) is 13.3. The van der Waals surface area contributed by atoms with Crippen molar-refractivity contribution in [3.05, 3.63) is 193 Å². The molecule has 0 aliphatic carbocycles. The number of nitrogens with zero attached hydrogens (tertiary/aromatic N) is 2. The summed E-state index contributed by atoms with van der Waals surface area (Å²) in [4.78, 5) is 10.6. The molecular weight excluding hydrogens is 845 g/mol. The molecule has 2 N–H and O–H groups in total. The monoisotopic (exact) mass is 902 g/mol. The number of aromatic nitrogens is 2. The molecule has 10 rings (SSSR count). The maximum Gasteiger partial charge on any atom is 0.136 e. The first kappa shape index (κ1) is 45.0. The predicted molar refractivity (Wildman–Crippen MR) is 287 cm³/mol. The SMILES string of the molecule is CC(C)(C)c1cc(-c2cc(-c3cccc(-c4cc(-c5c(-c6ccccc6)cc(C(C)(C)C)cc5-c5ccccc5)ccc4O)n3)nc(-c3cc4oc5ccccc5c4cc3O)c2)cc(C(C)(C)C)c1. The Morgan fingerprint density at radius 1 is 0.333 bits per heavy atom. The summed E-state index contributed by atoms with van der Waals surface area (Å²) in [6.07, 6.45) is 0. The molecule has 342 valence electrons. The molecule has 0 radical (unpaired) electrons. The number of benzene rings is 7. The van der Waals surface area contributed by atoms with E-state index in [1.54, 1.807) is 12.1 Å². The van der Waals surface area contributed by atoms with Gasteiger partial charge in [-0.15, -0.1) is 0 Å². The number of phenolic OH excluding ortho intramolecular Hbond substituents is 2. The van der Waals surface area contributed by atoms with Gasteiger partial charge in [0, 0.05) is 21.9 Å². The van der Waals surface area contributed by atoms with E-state index in [2.05, 4.69) is 159 Å². The molecular formula is C64H58N2O3. The molecule has 69 heavy (non-hydrogen) atoms. The Labute approximate surface area is 405 Å². The topological polar surface area (TPSA) is 79.4 Å². The van der Waals surface area contributed by atoms with Crippen molar-refractivity contribution in [2.75, 3.05) is 0 Å². The lowest BCUT2D eigenvalue weighted by Gasteiger charge is -2.26. The Hall–Kier alpha value is -7.76. The van der Waals surface area contributed by atoms with Gasteiger partial charge in [0.05, 0.1) is 22.8 Å². The molecule has 3 aromatic heterocycles. The average molecular weight is 903 g/mol. The standard InChI is InChI=1S/C64H58N2O3/c1-62(2,3)44-29-42(30-45(34-44)63(4,5)6)43-32-55(52-38-60-50(37-58(52)68)47-23-16-17-26-59(47)69-60)66-56(33-43)54-25-18-24-53(65-54)51-31-41(27-28-57(51)67)61-48(39-19-12-10-13-20-39)35-46(64(7,8)9)36-49(61)40-21-14-11-15-22-40/h10-38,67-68H,1-9H3. The molecule has 0 bridgehead atoms. The van der Waals surface area contributed by atoms with Crippen molar-refractivity contribution in [2.45, 2.75) is 78.6 Å². The van der Waals surface area contributed by atoms with Gasteiger partial charge >= 0.3 is 0 Å². The summed E-state index contributed by atoms with van der Waals surface area (Å²) in [5, 5.41) is 25.4. The summed E-state index contributed by atoms with van der Waals surface area (Å²) in [6.45, 7) is 20.2. The van der Waals surface area contributed by atoms with Crippen LogP contribution in [0.5, 0.6) is 11.5 Å². The average Bonchev–Trinajstić information content (AvgIpc) is 3.70. The minimum Gasteiger partial charge on any atom is -0.507 e. The number of rotatable bonds is 7. The Morgan fingerprint density at radius 2 is 0.855 bits per heavy atom. The number of aromatic hydroxyl groups is 2. The first-order chi connectivity index (χ1) is 32.9. The summed E-state index contributed by atoms with van der Waals surface area (Å²) in [7, 11) is 0. The van der Waals surface area contributed by atoms with E-state index in [9.17, 15) is 10.2 Å². The van der Waals surface area contributed by atoms with E-state index < -0.39 is 0 Å². The summed E-state index contributed by atoms with van der Waals surface area (Å²) in [5.41, 5.74) is 16.8. The molecule has 3 heterocycles. The van der Waals surface area contributed by atoms with Crippen molar-refractivity contribution in [3.63, 3.8) is 0 Å². The van der Waals surface area contributed by atoms with E-state index in [4.69, 9.17) is 14.4 Å². The zero-order valence-corrected chi connectivity index (χ0v) is 40.9. The highest BCUT2D eigenvalue weighted by molar-refractivity contribution is 6.07. The number of phenols is 2. The molecule has 0 saturated heterocycles. The van der Waals surface area contributed by atoms with Gasteiger partial charge in [0.1, 0.15) is 22.7 Å². The number of fused-ring (bicyclic) bond motifs is 3. The molecule has 0 amide bonds. The minimum absolute atomic E-state index is 0.104. The lowest BCUT2D eigenvalue weighted by molar-refractivity contribution is 0.477. The van der Waals surface area contributed by atoms with Gasteiger partial charge in [0.25, 0.3) is 0 Å². The number of furan rings is 1. The highest BCUT2D eigenvalue weighted by Crippen LogP contribution is 2.46. The van der Waals surface area contributed by atoms with Gasteiger partial charge in [0.15, 0.2) is 0 Å². The number of hydrogen-bond acceptors (Lipinski definition) is 5. The van der Waals surface area contributed by atoms with Crippen LogP contribution in [0, 0.1) is 0 Å². The summed E-state index contributed by atoms with van der Waals surface area (Å²) in [6, 6.07) is 60.0. The minimum atomic E-state index is -0.107. The van der Waals surface area contributed by atoms with Crippen molar-refractivity contribution in [1.29, 1.82) is 0 Å². The zero-order chi connectivity index (χ0) is 48.4. The fraction of sp³-hybridized carbons (Fsp3) is 0.188. The predicted octanol–water partition coefficient (Wildman–Crippen LogP) is 17.3. The second kappa shape index (κ2) is 17.1. The summed E-state index contributed by atoms with van der Waals surface area (Å²) >= 11 is 0. The Bertz CT molecular complexity index is 3470. The van der Waals surface area contributed by atoms with E-state index in [0.717, 1.165) is 60.9 Å². The molecule has 5 nitrogen and oxygen atoms in total. The lowest BCUT2D eigenvalue weighted by Crippen LogP contribution is -2.16. The van der Waals surface area contributed by atoms with Crippen LogP contribution in [0.4, 0.5) is 0 Å². The van der Waals surface area contributed by atoms with Crippen LogP contribution in [0.25, 0.3) is 100 Å². The molecule has 7 aromatic carbocycles. The van der Waals surface area contributed by atoms with Crippen LogP contribution >= 0.6 is 0 Å². The molecule has 0 atom stereocenters. The fourth-order valence-corrected chi connectivity index (χ4v) is 9.29. The molecule has 0 fully saturated rings. The normalized spacial score (nSPS) is 12.2. The van der Waals surface area contributed by atoms with Gasteiger partial charge < -0.3 is 14.6 Å². The van der Waals surface area contributed by atoms with Crippen molar-refractivity contribution >= 4 is 21.9 Å². The van der Waals surface area contributed by atoms with Crippen LogP contribution in [0.15, 0.2) is 180 Å². The van der Waals surface area contributed by atoms with Crippen LogP contribution in [-0.2, 0) is 16.2 Å². The number of hydrogen-bond donors (Lipinski definition) is 2. The number of para-hydroxylation sites is 1. The largest absolute Gasteiger partial charge is 0.507 e. The van der Waals surface area contributed by atoms with Gasteiger partial charge in [-0.2, -0.15) is 0 Å². The molecule has 10 aromatic rings. The van der Waals surface area contributed by atoms with Crippen LogP contribution in [0.1, 0.15) is 79.0 Å². The van der Waals surface area contributed by atoms with Crippen molar-refractivity contribution < 1.29 is 14.6 Å². The molecule has 0 aliphatic rings. The molecule has 5 heteroatoms. The van der Waals surface area contributed by atoms with E-state index in [-0.39, 0.29) is 27.7 Å². The Morgan fingerprint density at radius 3 is 1.48 bits per heavy atom. The Kier molecular flexibility index (Phi) is 11.2. The van der Waals surface area contributed by atoms with Gasteiger partial charge in [-0.3, -0.25) is 0 Å². The van der Waals surface area contributed by atoms with Crippen LogP contribution in [0.3, 0.4) is 0 Å². The highest BCUT2D eigenvalue weighted by atomic mass is 16.3. The van der Waals surface area contributed by atoms with Crippen LogP contribution in [0.2, 0.25) is 0 Å². The molecule has 0 saturated carbocycles. The van der Waals surface area contributed by atoms with Gasteiger partial charge in [-0.1, -0.05) is 172 Å². The highest BCUT2D eigenvalue weighted by Gasteiger charge is 2.25. The lowest BCUT2D eigenvalue weighted by atomic mass is 9.79. The smallest absolute Gasteiger partial charge is 0.136 e. The van der Waals surface area contributed by atoms with Gasteiger partial charge in [-0.05, 0) is 144 Å². The van der Waals surface area contributed by atoms with E-state index >= 15 is 0 Å². The van der Waals surface area contributed by atoms with Gasteiger partial charge in [0.2, 0.25) is 0 Å². The van der Waals surface area contributed by atoms with Crippen molar-refractivity contribution in [2.24, 2.45) is 0 Å². The molecule has 0 aliphatic heterocycles. The zero-order valence-electron chi connectivity index (χ0n) is 40.9. The molecule has 0 unspecified atom stereocenters. The maximum absolute atomic E-state index is 11.8. The maximum atomic E-state index is 11.8. The van der Waals surface area contributed by atoms with E-state index in [1.807, 2.05) is 66.7 Å². The summed E-state index contributed by atoms with van der Waals surface area (Å²) in [5.74, 6) is 0.226. The van der Waals surface area contributed by atoms with Crippen molar-refractivity contribution in [3.8, 4) is 89.9 Å². The quantitative estimate of drug-likeness (QED) is 0.167. The summed E-state index contributed by atoms with van der Waals surface area (Å²) < 4.78 is 6.33. The first-order valence-corrected chi connectivity index (χ1v) is 23.8. The van der Waals surface area contributed by atoms with E-state index in [0.29, 0.717) is 39.5 Å². The number of pyridine rings is 2. The first-order valence-electron chi connectivity index (χ1n) is 23.8. The van der Waals surface area contributed by atoms with Gasteiger partial charge in [-0.25, -0.2) is 9.97 Å².